The lowest BCUT2D eigenvalue weighted by Gasteiger charge is -2.20. The smallest absolute Gasteiger partial charge is 0.258 e. The molecule has 1 amide bonds. The van der Waals surface area contributed by atoms with Crippen LogP contribution in [-0.2, 0) is 4.74 Å². The van der Waals surface area contributed by atoms with Gasteiger partial charge in [0.25, 0.3) is 5.91 Å². The van der Waals surface area contributed by atoms with Crippen LogP contribution in [0.25, 0.3) is 11.0 Å². The van der Waals surface area contributed by atoms with E-state index < -0.39 is 0 Å². The second kappa shape index (κ2) is 6.04. The van der Waals surface area contributed by atoms with Crippen molar-refractivity contribution in [1.29, 1.82) is 0 Å². The number of aryl methyl sites for hydroxylation is 1. The van der Waals surface area contributed by atoms with Crippen LogP contribution >= 0.6 is 0 Å². The summed E-state index contributed by atoms with van der Waals surface area (Å²) >= 11 is 0. The van der Waals surface area contributed by atoms with Gasteiger partial charge in [-0.15, -0.1) is 0 Å². The Morgan fingerprint density at radius 3 is 3.08 bits per heavy atom. The number of amides is 1. The quantitative estimate of drug-likeness (QED) is 0.683. The van der Waals surface area contributed by atoms with E-state index in [1.165, 1.54) is 6.20 Å². The molecule has 0 aromatic carbocycles. The number of pyridine rings is 1. The van der Waals surface area contributed by atoms with E-state index in [9.17, 15) is 4.79 Å². The number of rotatable bonds is 3. The first-order valence-corrected chi connectivity index (χ1v) is 7.96. The molecule has 0 radical (unpaired) electrons. The number of nitrogens with one attached hydrogen (secondary N) is 3. The van der Waals surface area contributed by atoms with E-state index in [4.69, 9.17) is 4.74 Å². The number of carbonyl (C=O) groups is 1. The van der Waals surface area contributed by atoms with Gasteiger partial charge in [-0.25, -0.2) is 4.98 Å². The van der Waals surface area contributed by atoms with Crippen LogP contribution in [-0.4, -0.2) is 44.5 Å². The van der Waals surface area contributed by atoms with Crippen molar-refractivity contribution in [3.8, 4) is 0 Å². The van der Waals surface area contributed by atoms with Crippen LogP contribution in [0.3, 0.4) is 0 Å². The van der Waals surface area contributed by atoms with Crippen molar-refractivity contribution in [2.45, 2.75) is 25.7 Å². The van der Waals surface area contributed by atoms with Crippen molar-refractivity contribution in [3.05, 3.63) is 35.3 Å². The Hall–Kier alpha value is -2.74. The molecule has 24 heavy (non-hydrogen) atoms. The van der Waals surface area contributed by atoms with Crippen LogP contribution in [0.15, 0.2) is 18.3 Å². The first-order chi connectivity index (χ1) is 11.7. The summed E-state index contributed by atoms with van der Waals surface area (Å²) in [7, 11) is 0. The summed E-state index contributed by atoms with van der Waals surface area (Å²) in [6.07, 6.45) is 3.62. The lowest BCUT2D eigenvalue weighted by atomic mass is 9.99. The highest BCUT2D eigenvalue weighted by Gasteiger charge is 2.19. The highest BCUT2D eigenvalue weighted by atomic mass is 16.5. The molecule has 4 heterocycles. The Balaban J connectivity index is 1.50. The maximum atomic E-state index is 12.4. The molecule has 0 aliphatic carbocycles. The summed E-state index contributed by atoms with van der Waals surface area (Å²) in [4.78, 5) is 16.6. The lowest BCUT2D eigenvalue weighted by molar-refractivity contribution is 0.0793. The topological polar surface area (TPSA) is 109 Å². The van der Waals surface area contributed by atoms with Crippen LogP contribution in [0, 0.1) is 6.92 Å². The highest BCUT2D eigenvalue weighted by Crippen LogP contribution is 2.25. The van der Waals surface area contributed by atoms with Crippen LogP contribution in [0.1, 0.15) is 40.5 Å². The van der Waals surface area contributed by atoms with Gasteiger partial charge in [-0.2, -0.15) is 10.2 Å². The van der Waals surface area contributed by atoms with Crippen molar-refractivity contribution in [1.82, 2.24) is 25.4 Å². The summed E-state index contributed by atoms with van der Waals surface area (Å²) < 4.78 is 5.49. The second-order valence-electron chi connectivity index (χ2n) is 6.02. The second-order valence-corrected chi connectivity index (χ2v) is 6.02. The number of carbonyl (C=O) groups excluding carboxylic acids is 1. The normalized spacial score (nSPS) is 18.0. The number of nitrogens with zero attached hydrogens (tertiary/aromatic N) is 3. The fourth-order valence-corrected chi connectivity index (χ4v) is 2.93. The van der Waals surface area contributed by atoms with Crippen molar-refractivity contribution >= 4 is 22.8 Å². The standard InChI is InChI=1S/C16H18N6O2/c1-9-12-5-11(7-17-15(12)22-19-9)16(23)18-14-6-13(20-21-14)10-3-2-4-24-8-10/h5-7,10H,2-4,8H2,1H3,(H,17,19,22)(H2,18,20,21,23). The third-order valence-corrected chi connectivity index (χ3v) is 4.30. The number of aromatic amines is 2. The van der Waals surface area contributed by atoms with Crippen LogP contribution in [0.2, 0.25) is 0 Å². The van der Waals surface area contributed by atoms with Gasteiger partial charge in [0.1, 0.15) is 0 Å². The van der Waals surface area contributed by atoms with Gasteiger partial charge in [-0.3, -0.25) is 15.0 Å². The summed E-state index contributed by atoms with van der Waals surface area (Å²) in [5.41, 5.74) is 2.94. The van der Waals surface area contributed by atoms with Gasteiger partial charge in [-0.1, -0.05) is 0 Å². The average Bonchev–Trinajstić information content (AvgIpc) is 3.23. The third-order valence-electron chi connectivity index (χ3n) is 4.30. The van der Waals surface area contributed by atoms with Gasteiger partial charge in [-0.05, 0) is 25.8 Å². The van der Waals surface area contributed by atoms with E-state index in [0.29, 0.717) is 29.6 Å². The predicted molar refractivity (Wildman–Crippen MR) is 88.0 cm³/mol. The zero-order valence-corrected chi connectivity index (χ0v) is 13.3. The molecule has 1 saturated heterocycles. The van der Waals surface area contributed by atoms with Gasteiger partial charge in [0.15, 0.2) is 11.5 Å². The lowest BCUT2D eigenvalue weighted by Crippen LogP contribution is -2.15. The van der Waals surface area contributed by atoms with Gasteiger partial charge in [0.2, 0.25) is 0 Å². The minimum absolute atomic E-state index is 0.247. The average molecular weight is 326 g/mol. The van der Waals surface area contributed by atoms with E-state index in [1.54, 1.807) is 6.07 Å². The number of fused-ring (bicyclic) bond motifs is 1. The van der Waals surface area contributed by atoms with Crippen molar-refractivity contribution in [3.63, 3.8) is 0 Å². The Labute approximate surface area is 138 Å². The van der Waals surface area contributed by atoms with Crippen LogP contribution in [0.4, 0.5) is 5.82 Å². The molecule has 3 aromatic heterocycles. The molecule has 1 fully saturated rings. The van der Waals surface area contributed by atoms with E-state index in [0.717, 1.165) is 36.2 Å². The SMILES string of the molecule is Cc1[nH]nc2ncc(C(=O)Nc3cc(C4CCCOC4)[nH]n3)cc12. The first-order valence-electron chi connectivity index (χ1n) is 7.96. The monoisotopic (exact) mass is 326 g/mol. The molecule has 0 spiro atoms. The zero-order valence-electron chi connectivity index (χ0n) is 13.3. The highest BCUT2D eigenvalue weighted by molar-refractivity contribution is 6.05. The number of hydrogen-bond acceptors (Lipinski definition) is 5. The van der Waals surface area contributed by atoms with Gasteiger partial charge in [0, 0.05) is 41.6 Å². The maximum Gasteiger partial charge on any atom is 0.258 e. The molecular weight excluding hydrogens is 308 g/mol. The van der Waals surface area contributed by atoms with E-state index in [2.05, 4.69) is 30.7 Å². The van der Waals surface area contributed by atoms with Crippen molar-refractivity contribution in [2.75, 3.05) is 18.5 Å². The fourth-order valence-electron chi connectivity index (χ4n) is 2.93. The summed E-state index contributed by atoms with van der Waals surface area (Å²) in [5, 5.41) is 17.7. The number of aromatic nitrogens is 5. The molecule has 0 saturated carbocycles. The minimum atomic E-state index is -0.247. The summed E-state index contributed by atoms with van der Waals surface area (Å²) in [6, 6.07) is 3.64. The zero-order chi connectivity index (χ0) is 16.5. The van der Waals surface area contributed by atoms with Gasteiger partial charge in [0.05, 0.1) is 12.2 Å². The number of H-pyrrole nitrogens is 2. The Morgan fingerprint density at radius 1 is 1.33 bits per heavy atom. The summed E-state index contributed by atoms with van der Waals surface area (Å²) in [6.45, 7) is 3.40. The maximum absolute atomic E-state index is 12.4. The largest absolute Gasteiger partial charge is 0.381 e. The summed E-state index contributed by atoms with van der Waals surface area (Å²) in [5.74, 6) is 0.566. The molecule has 1 unspecified atom stereocenters. The molecule has 3 aromatic rings. The van der Waals surface area contributed by atoms with E-state index in [-0.39, 0.29) is 5.91 Å². The number of anilines is 1. The fraction of sp³-hybridized carbons (Fsp3) is 0.375. The van der Waals surface area contributed by atoms with E-state index in [1.807, 2.05) is 13.0 Å². The third kappa shape index (κ3) is 2.76. The Bertz CT molecular complexity index is 878. The van der Waals surface area contributed by atoms with Crippen LogP contribution < -0.4 is 5.32 Å². The molecule has 1 aliphatic rings. The van der Waals surface area contributed by atoms with E-state index >= 15 is 0 Å². The number of ether oxygens (including phenoxy) is 1. The minimum Gasteiger partial charge on any atom is -0.381 e. The van der Waals surface area contributed by atoms with Crippen molar-refractivity contribution < 1.29 is 9.53 Å². The van der Waals surface area contributed by atoms with Crippen LogP contribution in [0.5, 0.6) is 0 Å². The molecular formula is C16H18N6O2. The molecule has 1 aliphatic heterocycles. The Morgan fingerprint density at radius 2 is 2.25 bits per heavy atom. The van der Waals surface area contributed by atoms with Crippen molar-refractivity contribution in [2.24, 2.45) is 0 Å². The molecule has 124 valence electrons. The van der Waals surface area contributed by atoms with Gasteiger partial charge >= 0.3 is 0 Å². The molecule has 0 bridgehead atoms. The first kappa shape index (κ1) is 14.8. The predicted octanol–water partition coefficient (Wildman–Crippen LogP) is 2.14. The molecule has 4 rings (SSSR count). The molecule has 8 heteroatoms. The Kier molecular flexibility index (Phi) is 3.73. The number of hydrogen-bond donors (Lipinski definition) is 3. The van der Waals surface area contributed by atoms with Gasteiger partial charge < -0.3 is 10.1 Å². The molecule has 3 N–H and O–H groups in total. The molecule has 1 atom stereocenters. The molecule has 8 nitrogen and oxygen atoms in total.